The number of amides is 1. The van der Waals surface area contributed by atoms with E-state index in [2.05, 4.69) is 5.32 Å². The van der Waals surface area contributed by atoms with Gasteiger partial charge >= 0.3 is 5.97 Å². The number of carboxylic acid groups (broad SMARTS) is 1. The number of hydrogen-bond acceptors (Lipinski definition) is 4. The number of carbonyl (C=O) groups is 2. The number of ether oxygens (including phenoxy) is 2. The van der Waals surface area contributed by atoms with Gasteiger partial charge in [0.2, 0.25) is 5.91 Å². The van der Waals surface area contributed by atoms with Gasteiger partial charge in [-0.15, -0.1) is 0 Å². The molecule has 0 spiro atoms. The Kier molecular flexibility index (Phi) is 5.58. The minimum atomic E-state index is -1.17. The van der Waals surface area contributed by atoms with E-state index in [0.29, 0.717) is 11.5 Å². The third-order valence-electron chi connectivity index (χ3n) is 2.64. The van der Waals surface area contributed by atoms with Crippen molar-refractivity contribution >= 4 is 11.9 Å². The van der Waals surface area contributed by atoms with E-state index < -0.39 is 11.9 Å². The molecule has 1 atom stereocenters. The van der Waals surface area contributed by atoms with Gasteiger partial charge in [-0.3, -0.25) is 4.79 Å². The van der Waals surface area contributed by atoms with E-state index in [0.717, 1.165) is 17.7 Å². The molecule has 0 aliphatic rings. The first-order valence-corrected chi connectivity index (χ1v) is 5.91. The maximum absolute atomic E-state index is 11.6. The number of rotatable bonds is 6. The Morgan fingerprint density at radius 2 is 1.95 bits per heavy atom. The van der Waals surface area contributed by atoms with Crippen LogP contribution >= 0.6 is 0 Å². The summed E-state index contributed by atoms with van der Waals surface area (Å²) in [4.78, 5) is 21.9. The van der Waals surface area contributed by atoms with Crippen LogP contribution in [0.25, 0.3) is 0 Å². The molecule has 1 rings (SSSR count). The van der Waals surface area contributed by atoms with Crippen LogP contribution in [-0.2, 0) is 9.59 Å². The zero-order valence-corrected chi connectivity index (χ0v) is 11.5. The SMILES string of the molecule is COc1ccc(OC)c(C(C)NC(=O)/C=C/C(=O)O)c1. The fourth-order valence-electron chi connectivity index (χ4n) is 1.66. The van der Waals surface area contributed by atoms with E-state index in [1.54, 1.807) is 32.2 Å². The van der Waals surface area contributed by atoms with E-state index in [4.69, 9.17) is 14.6 Å². The lowest BCUT2D eigenvalue weighted by Crippen LogP contribution is -2.25. The van der Waals surface area contributed by atoms with E-state index >= 15 is 0 Å². The van der Waals surface area contributed by atoms with Crippen LogP contribution in [0.4, 0.5) is 0 Å². The van der Waals surface area contributed by atoms with Crippen molar-refractivity contribution in [2.24, 2.45) is 0 Å². The topological polar surface area (TPSA) is 84.9 Å². The second-order valence-corrected chi connectivity index (χ2v) is 4.01. The van der Waals surface area contributed by atoms with Gasteiger partial charge in [0, 0.05) is 17.7 Å². The Hall–Kier alpha value is -2.50. The van der Waals surface area contributed by atoms with E-state index in [-0.39, 0.29) is 6.04 Å². The Morgan fingerprint density at radius 1 is 1.25 bits per heavy atom. The van der Waals surface area contributed by atoms with Crippen LogP contribution in [0.1, 0.15) is 18.5 Å². The van der Waals surface area contributed by atoms with Crippen LogP contribution in [0, 0.1) is 0 Å². The molecular formula is C14H17NO5. The molecule has 0 bridgehead atoms. The molecule has 1 unspecified atom stereocenters. The average molecular weight is 279 g/mol. The number of hydrogen-bond donors (Lipinski definition) is 2. The van der Waals surface area contributed by atoms with E-state index in [1.807, 2.05) is 0 Å². The molecule has 0 saturated heterocycles. The van der Waals surface area contributed by atoms with Crippen molar-refractivity contribution in [1.82, 2.24) is 5.32 Å². The molecule has 1 amide bonds. The highest BCUT2D eigenvalue weighted by Crippen LogP contribution is 2.29. The minimum absolute atomic E-state index is 0.356. The first kappa shape index (κ1) is 15.6. The summed E-state index contributed by atoms with van der Waals surface area (Å²) in [7, 11) is 3.08. The highest BCUT2D eigenvalue weighted by molar-refractivity contribution is 5.94. The zero-order chi connectivity index (χ0) is 15.1. The van der Waals surface area contributed by atoms with Crippen molar-refractivity contribution in [2.75, 3.05) is 14.2 Å². The number of methoxy groups -OCH3 is 2. The van der Waals surface area contributed by atoms with Gasteiger partial charge in [0.25, 0.3) is 0 Å². The fraction of sp³-hybridized carbons (Fsp3) is 0.286. The quantitative estimate of drug-likeness (QED) is 0.771. The zero-order valence-electron chi connectivity index (χ0n) is 11.5. The second kappa shape index (κ2) is 7.18. The molecule has 0 aromatic heterocycles. The van der Waals surface area contributed by atoms with Gasteiger partial charge in [-0.05, 0) is 25.1 Å². The smallest absolute Gasteiger partial charge is 0.328 e. The third-order valence-corrected chi connectivity index (χ3v) is 2.64. The normalized spacial score (nSPS) is 11.9. The third kappa shape index (κ3) is 4.31. The summed E-state index contributed by atoms with van der Waals surface area (Å²) >= 11 is 0. The first-order chi connectivity index (χ1) is 9.47. The molecule has 0 aliphatic carbocycles. The van der Waals surface area contributed by atoms with Crippen LogP contribution in [-0.4, -0.2) is 31.2 Å². The summed E-state index contributed by atoms with van der Waals surface area (Å²) < 4.78 is 10.4. The van der Waals surface area contributed by atoms with Gasteiger partial charge in [0.15, 0.2) is 0 Å². The molecular weight excluding hydrogens is 262 g/mol. The Morgan fingerprint density at radius 3 is 2.50 bits per heavy atom. The first-order valence-electron chi connectivity index (χ1n) is 5.91. The lowest BCUT2D eigenvalue weighted by atomic mass is 10.1. The molecule has 0 fully saturated rings. The lowest BCUT2D eigenvalue weighted by molar-refractivity contribution is -0.131. The minimum Gasteiger partial charge on any atom is -0.497 e. The van der Waals surface area contributed by atoms with Crippen molar-refractivity contribution in [2.45, 2.75) is 13.0 Å². The van der Waals surface area contributed by atoms with Crippen LogP contribution in [0.2, 0.25) is 0 Å². The maximum Gasteiger partial charge on any atom is 0.328 e. The number of aliphatic carboxylic acids is 1. The van der Waals surface area contributed by atoms with Gasteiger partial charge in [-0.1, -0.05) is 0 Å². The van der Waals surface area contributed by atoms with Crippen molar-refractivity contribution in [1.29, 1.82) is 0 Å². The number of carboxylic acids is 1. The van der Waals surface area contributed by atoms with Crippen molar-refractivity contribution in [3.63, 3.8) is 0 Å². The summed E-state index contributed by atoms with van der Waals surface area (Å²) in [5.41, 5.74) is 0.740. The molecule has 6 nitrogen and oxygen atoms in total. The fourth-order valence-corrected chi connectivity index (χ4v) is 1.66. The second-order valence-electron chi connectivity index (χ2n) is 4.01. The molecule has 108 valence electrons. The maximum atomic E-state index is 11.6. The number of benzene rings is 1. The summed E-state index contributed by atoms with van der Waals surface area (Å²) in [6.45, 7) is 1.77. The largest absolute Gasteiger partial charge is 0.497 e. The molecule has 1 aromatic rings. The Bertz CT molecular complexity index is 524. The molecule has 6 heteroatoms. The molecule has 1 aromatic carbocycles. The summed E-state index contributed by atoms with van der Waals surface area (Å²) in [5.74, 6) is -0.416. The number of carbonyl (C=O) groups excluding carboxylic acids is 1. The molecule has 20 heavy (non-hydrogen) atoms. The van der Waals surface area contributed by atoms with Gasteiger partial charge in [-0.2, -0.15) is 0 Å². The monoisotopic (exact) mass is 279 g/mol. The summed E-state index contributed by atoms with van der Waals surface area (Å²) in [6.07, 6.45) is 1.75. The van der Waals surface area contributed by atoms with Crippen LogP contribution in [0.3, 0.4) is 0 Å². The molecule has 0 radical (unpaired) electrons. The average Bonchev–Trinajstić information content (AvgIpc) is 2.44. The van der Waals surface area contributed by atoms with Crippen molar-refractivity contribution in [3.05, 3.63) is 35.9 Å². The standard InChI is InChI=1S/C14H17NO5/c1-9(15-13(16)6-7-14(17)18)11-8-10(19-2)4-5-12(11)20-3/h4-9H,1-3H3,(H,15,16)(H,17,18)/b7-6+. The molecule has 0 saturated carbocycles. The van der Waals surface area contributed by atoms with E-state index in [9.17, 15) is 9.59 Å². The van der Waals surface area contributed by atoms with Crippen molar-refractivity contribution in [3.8, 4) is 11.5 Å². The Labute approximate surface area is 117 Å². The number of nitrogens with one attached hydrogen (secondary N) is 1. The lowest BCUT2D eigenvalue weighted by Gasteiger charge is -2.17. The van der Waals surface area contributed by atoms with Gasteiger partial charge in [0.05, 0.1) is 20.3 Å². The van der Waals surface area contributed by atoms with Crippen LogP contribution in [0.5, 0.6) is 11.5 Å². The molecule has 0 heterocycles. The highest BCUT2D eigenvalue weighted by atomic mass is 16.5. The highest BCUT2D eigenvalue weighted by Gasteiger charge is 2.14. The summed E-state index contributed by atoms with van der Waals surface area (Å²) in [6, 6.07) is 4.89. The van der Waals surface area contributed by atoms with Crippen LogP contribution in [0.15, 0.2) is 30.4 Å². The van der Waals surface area contributed by atoms with Gasteiger partial charge < -0.3 is 19.9 Å². The summed E-state index contributed by atoms with van der Waals surface area (Å²) in [5, 5.41) is 11.1. The van der Waals surface area contributed by atoms with Gasteiger partial charge in [0.1, 0.15) is 11.5 Å². The van der Waals surface area contributed by atoms with Crippen LogP contribution < -0.4 is 14.8 Å². The molecule has 2 N–H and O–H groups in total. The predicted octanol–water partition coefficient (Wildman–Crippen LogP) is 1.52. The van der Waals surface area contributed by atoms with Gasteiger partial charge in [-0.25, -0.2) is 4.79 Å². The Balaban J connectivity index is 2.88. The predicted molar refractivity (Wildman–Crippen MR) is 72.9 cm³/mol. The molecule has 0 aliphatic heterocycles. The van der Waals surface area contributed by atoms with Crippen molar-refractivity contribution < 1.29 is 24.2 Å². The van der Waals surface area contributed by atoms with E-state index in [1.165, 1.54) is 7.11 Å².